The molecule has 5 heteroatoms. The highest BCUT2D eigenvalue weighted by molar-refractivity contribution is 5.96. The molecule has 21 heavy (non-hydrogen) atoms. The molecule has 2 rings (SSSR count). The normalized spacial score (nSPS) is 10.4. The molecule has 5 nitrogen and oxygen atoms in total. The van der Waals surface area contributed by atoms with Gasteiger partial charge >= 0.3 is 0 Å². The average molecular weight is 286 g/mol. The van der Waals surface area contributed by atoms with Crippen LogP contribution in [-0.2, 0) is 6.54 Å². The first-order valence-corrected chi connectivity index (χ1v) is 7.29. The zero-order chi connectivity index (χ0) is 15.1. The van der Waals surface area contributed by atoms with E-state index in [0.717, 1.165) is 36.3 Å². The number of nitrogens with one attached hydrogen (secondary N) is 2. The lowest BCUT2D eigenvalue weighted by Gasteiger charge is -2.10. The first-order valence-electron chi connectivity index (χ1n) is 7.29. The van der Waals surface area contributed by atoms with Crippen LogP contribution in [0.15, 0.2) is 36.9 Å². The lowest BCUT2D eigenvalue weighted by Crippen LogP contribution is -2.25. The Bertz CT molecular complexity index is 578. The van der Waals surface area contributed by atoms with Crippen LogP contribution in [0.2, 0.25) is 0 Å². The lowest BCUT2D eigenvalue weighted by atomic mass is 10.1. The van der Waals surface area contributed by atoms with Crippen LogP contribution in [0.25, 0.3) is 0 Å². The molecule has 112 valence electrons. The summed E-state index contributed by atoms with van der Waals surface area (Å²) in [6, 6.07) is 5.82. The SMILES string of the molecule is CCNc1ccc(C(=O)NCCCn2ccnc2)c(C)c1. The highest BCUT2D eigenvalue weighted by Gasteiger charge is 2.08. The van der Waals surface area contributed by atoms with Gasteiger partial charge in [0.25, 0.3) is 5.91 Å². The molecule has 1 aromatic carbocycles. The number of nitrogens with zero attached hydrogens (tertiary/aromatic N) is 2. The zero-order valence-corrected chi connectivity index (χ0v) is 12.6. The Kier molecular flexibility index (Phi) is 5.37. The summed E-state index contributed by atoms with van der Waals surface area (Å²) in [4.78, 5) is 16.1. The zero-order valence-electron chi connectivity index (χ0n) is 12.6. The smallest absolute Gasteiger partial charge is 0.251 e. The Morgan fingerprint density at radius 2 is 2.24 bits per heavy atom. The molecule has 0 radical (unpaired) electrons. The van der Waals surface area contributed by atoms with E-state index >= 15 is 0 Å². The fourth-order valence-corrected chi connectivity index (χ4v) is 2.21. The average Bonchev–Trinajstić information content (AvgIpc) is 2.97. The molecule has 0 aliphatic rings. The molecule has 1 aromatic heterocycles. The largest absolute Gasteiger partial charge is 0.385 e. The predicted octanol–water partition coefficient (Wildman–Crippen LogP) is 2.44. The van der Waals surface area contributed by atoms with Crippen LogP contribution in [0.3, 0.4) is 0 Å². The summed E-state index contributed by atoms with van der Waals surface area (Å²) in [5.74, 6) is -0.0128. The fourth-order valence-electron chi connectivity index (χ4n) is 2.21. The molecule has 0 bridgehead atoms. The molecule has 1 heterocycles. The van der Waals surface area contributed by atoms with E-state index in [1.54, 1.807) is 12.5 Å². The van der Waals surface area contributed by atoms with Gasteiger partial charge in [-0.25, -0.2) is 4.98 Å². The van der Waals surface area contributed by atoms with Crippen LogP contribution in [0, 0.1) is 6.92 Å². The third-order valence-electron chi connectivity index (χ3n) is 3.29. The van der Waals surface area contributed by atoms with Crippen molar-refractivity contribution in [2.24, 2.45) is 0 Å². The number of benzene rings is 1. The van der Waals surface area contributed by atoms with Crippen LogP contribution in [0.4, 0.5) is 5.69 Å². The molecule has 0 aliphatic heterocycles. The number of hydrogen-bond acceptors (Lipinski definition) is 3. The van der Waals surface area contributed by atoms with Crippen molar-refractivity contribution in [3.8, 4) is 0 Å². The van der Waals surface area contributed by atoms with E-state index < -0.39 is 0 Å². The van der Waals surface area contributed by atoms with Gasteiger partial charge in [0.2, 0.25) is 0 Å². The van der Waals surface area contributed by atoms with Crippen LogP contribution >= 0.6 is 0 Å². The Hall–Kier alpha value is -2.30. The Balaban J connectivity index is 1.82. The molecular formula is C16H22N4O. The van der Waals surface area contributed by atoms with Crippen molar-refractivity contribution < 1.29 is 4.79 Å². The number of amides is 1. The Morgan fingerprint density at radius 1 is 1.38 bits per heavy atom. The number of aromatic nitrogens is 2. The van der Waals surface area contributed by atoms with E-state index in [1.165, 1.54) is 0 Å². The van der Waals surface area contributed by atoms with Crippen molar-refractivity contribution in [3.63, 3.8) is 0 Å². The molecule has 0 spiro atoms. The third kappa shape index (κ3) is 4.34. The maximum atomic E-state index is 12.1. The van der Waals surface area contributed by atoms with Crippen molar-refractivity contribution in [3.05, 3.63) is 48.0 Å². The van der Waals surface area contributed by atoms with Crippen molar-refractivity contribution >= 4 is 11.6 Å². The number of carbonyl (C=O) groups is 1. The van der Waals surface area contributed by atoms with E-state index in [-0.39, 0.29) is 5.91 Å². The van der Waals surface area contributed by atoms with E-state index in [9.17, 15) is 4.79 Å². The van der Waals surface area contributed by atoms with Crippen molar-refractivity contribution in [2.75, 3.05) is 18.4 Å². The van der Waals surface area contributed by atoms with E-state index in [2.05, 4.69) is 22.5 Å². The van der Waals surface area contributed by atoms with E-state index in [0.29, 0.717) is 6.54 Å². The summed E-state index contributed by atoms with van der Waals surface area (Å²) >= 11 is 0. The van der Waals surface area contributed by atoms with Crippen LogP contribution < -0.4 is 10.6 Å². The number of hydrogen-bond donors (Lipinski definition) is 2. The summed E-state index contributed by atoms with van der Waals surface area (Å²) in [7, 11) is 0. The molecular weight excluding hydrogens is 264 g/mol. The minimum absolute atomic E-state index is 0.0128. The van der Waals surface area contributed by atoms with Gasteiger partial charge in [-0.1, -0.05) is 0 Å². The maximum Gasteiger partial charge on any atom is 0.251 e. The number of rotatable bonds is 7. The predicted molar refractivity (Wildman–Crippen MR) is 84.5 cm³/mol. The number of anilines is 1. The molecule has 0 saturated carbocycles. The number of carbonyl (C=O) groups excluding carboxylic acids is 1. The number of aryl methyl sites for hydroxylation is 2. The Morgan fingerprint density at radius 3 is 2.90 bits per heavy atom. The highest BCUT2D eigenvalue weighted by atomic mass is 16.1. The summed E-state index contributed by atoms with van der Waals surface area (Å²) in [5.41, 5.74) is 2.77. The first kappa shape index (κ1) is 15.1. The van der Waals surface area contributed by atoms with Gasteiger partial charge in [-0.3, -0.25) is 4.79 Å². The second-order valence-electron chi connectivity index (χ2n) is 4.97. The van der Waals surface area contributed by atoms with Crippen LogP contribution in [0.1, 0.15) is 29.3 Å². The van der Waals surface area contributed by atoms with Crippen molar-refractivity contribution in [2.45, 2.75) is 26.8 Å². The lowest BCUT2D eigenvalue weighted by molar-refractivity contribution is 0.0952. The molecule has 0 saturated heterocycles. The van der Waals surface area contributed by atoms with Gasteiger partial charge in [-0.2, -0.15) is 0 Å². The van der Waals surface area contributed by atoms with E-state index in [4.69, 9.17) is 0 Å². The second kappa shape index (κ2) is 7.47. The molecule has 0 fully saturated rings. The minimum Gasteiger partial charge on any atom is -0.385 e. The molecule has 0 unspecified atom stereocenters. The molecule has 0 atom stereocenters. The monoisotopic (exact) mass is 286 g/mol. The standard InChI is InChI=1S/C16H22N4O/c1-3-18-14-5-6-15(13(2)11-14)16(21)19-7-4-9-20-10-8-17-12-20/h5-6,8,10-12,18H,3-4,7,9H2,1-2H3,(H,19,21). The van der Waals surface area contributed by atoms with Gasteiger partial charge in [0.05, 0.1) is 6.33 Å². The van der Waals surface area contributed by atoms with E-state index in [1.807, 2.05) is 35.9 Å². The van der Waals surface area contributed by atoms with Gasteiger partial charge in [-0.05, 0) is 44.0 Å². The highest BCUT2D eigenvalue weighted by Crippen LogP contribution is 2.15. The van der Waals surface area contributed by atoms with Gasteiger partial charge in [0.15, 0.2) is 0 Å². The van der Waals surface area contributed by atoms with Crippen LogP contribution in [-0.4, -0.2) is 28.5 Å². The fraction of sp³-hybridized carbons (Fsp3) is 0.375. The third-order valence-corrected chi connectivity index (χ3v) is 3.29. The topological polar surface area (TPSA) is 59.0 Å². The first-order chi connectivity index (χ1) is 10.2. The van der Waals surface area contributed by atoms with Crippen molar-refractivity contribution in [1.29, 1.82) is 0 Å². The van der Waals surface area contributed by atoms with Crippen molar-refractivity contribution in [1.82, 2.24) is 14.9 Å². The minimum atomic E-state index is -0.0128. The summed E-state index contributed by atoms with van der Waals surface area (Å²) in [6.45, 7) is 6.40. The number of imidazole rings is 1. The van der Waals surface area contributed by atoms with Crippen LogP contribution in [0.5, 0.6) is 0 Å². The van der Waals surface area contributed by atoms with Gasteiger partial charge in [-0.15, -0.1) is 0 Å². The van der Waals surface area contributed by atoms with Gasteiger partial charge in [0.1, 0.15) is 0 Å². The Labute approximate surface area is 125 Å². The molecule has 0 aliphatic carbocycles. The summed E-state index contributed by atoms with van der Waals surface area (Å²) in [5, 5.41) is 6.20. The van der Waals surface area contributed by atoms with Gasteiger partial charge < -0.3 is 15.2 Å². The quantitative estimate of drug-likeness (QED) is 0.769. The maximum absolute atomic E-state index is 12.1. The molecule has 1 amide bonds. The van der Waals surface area contributed by atoms with Gasteiger partial charge in [0, 0.05) is 43.3 Å². The molecule has 2 aromatic rings. The second-order valence-corrected chi connectivity index (χ2v) is 4.97. The summed E-state index contributed by atoms with van der Waals surface area (Å²) < 4.78 is 2.00. The molecule has 2 N–H and O–H groups in total. The summed E-state index contributed by atoms with van der Waals surface area (Å²) in [6.07, 6.45) is 6.35.